The molecule has 0 spiro atoms. The van der Waals surface area contributed by atoms with Gasteiger partial charge in [0.15, 0.2) is 11.6 Å². The summed E-state index contributed by atoms with van der Waals surface area (Å²) >= 11 is 0. The minimum absolute atomic E-state index is 0.623. The molecule has 1 aliphatic heterocycles. The van der Waals surface area contributed by atoms with Gasteiger partial charge >= 0.3 is 0 Å². The predicted octanol–water partition coefficient (Wildman–Crippen LogP) is 2.01. The molecule has 0 N–H and O–H groups in total. The number of likely N-dealkylation sites (tertiary alicyclic amines) is 1. The van der Waals surface area contributed by atoms with Crippen LogP contribution in [0.5, 0.6) is 5.75 Å². The van der Waals surface area contributed by atoms with Gasteiger partial charge in [-0.3, -0.25) is 9.88 Å². The minimum Gasteiger partial charge on any atom is -0.489 e. The maximum atomic E-state index is 5.67. The fraction of sp³-hybridized carbons (Fsp3) is 0.400. The molecule has 1 fully saturated rings. The molecule has 20 heavy (non-hydrogen) atoms. The Labute approximate surface area is 118 Å². The number of hydrogen-bond acceptors (Lipinski definition) is 5. The lowest BCUT2D eigenvalue weighted by molar-refractivity contribution is 0.236. The van der Waals surface area contributed by atoms with E-state index in [1.807, 2.05) is 18.2 Å². The van der Waals surface area contributed by atoms with Gasteiger partial charge in [0.05, 0.1) is 12.4 Å². The molecule has 0 unspecified atom stereocenters. The summed E-state index contributed by atoms with van der Waals surface area (Å²) < 4.78 is 5.67. The Kier molecular flexibility index (Phi) is 4.18. The van der Waals surface area contributed by atoms with Gasteiger partial charge in [-0.25, -0.2) is 9.97 Å². The lowest BCUT2D eigenvalue weighted by Crippen LogP contribution is -2.25. The second kappa shape index (κ2) is 6.43. The largest absolute Gasteiger partial charge is 0.489 e. The van der Waals surface area contributed by atoms with E-state index in [0.29, 0.717) is 18.2 Å². The molecule has 0 bridgehead atoms. The van der Waals surface area contributed by atoms with Crippen molar-refractivity contribution in [1.82, 2.24) is 19.9 Å². The topological polar surface area (TPSA) is 51.1 Å². The van der Waals surface area contributed by atoms with E-state index >= 15 is 0 Å². The molecule has 1 saturated heterocycles. The van der Waals surface area contributed by atoms with E-state index in [9.17, 15) is 0 Å². The van der Waals surface area contributed by atoms with Crippen LogP contribution in [0.1, 0.15) is 12.8 Å². The SMILES string of the molecule is c1ccc(-c2ncc(OCCN3CCCC3)cn2)nc1. The first kappa shape index (κ1) is 13.0. The van der Waals surface area contributed by atoms with Gasteiger partial charge in [-0.1, -0.05) is 6.07 Å². The van der Waals surface area contributed by atoms with Gasteiger partial charge in [0.1, 0.15) is 12.3 Å². The Hall–Kier alpha value is -2.01. The van der Waals surface area contributed by atoms with E-state index in [4.69, 9.17) is 4.74 Å². The van der Waals surface area contributed by atoms with Crippen molar-refractivity contribution in [2.45, 2.75) is 12.8 Å². The van der Waals surface area contributed by atoms with Crippen LogP contribution in [-0.2, 0) is 0 Å². The van der Waals surface area contributed by atoms with Crippen LogP contribution in [0.15, 0.2) is 36.8 Å². The highest BCUT2D eigenvalue weighted by Crippen LogP contribution is 2.14. The second-order valence-corrected chi connectivity index (χ2v) is 4.85. The molecule has 0 aromatic carbocycles. The molecule has 5 nitrogen and oxygen atoms in total. The highest BCUT2D eigenvalue weighted by molar-refractivity contribution is 5.48. The zero-order valence-electron chi connectivity index (χ0n) is 11.4. The first-order valence-electron chi connectivity index (χ1n) is 7.00. The number of aromatic nitrogens is 3. The summed E-state index contributed by atoms with van der Waals surface area (Å²) in [7, 11) is 0. The maximum absolute atomic E-state index is 5.67. The third-order valence-corrected chi connectivity index (χ3v) is 3.40. The van der Waals surface area contributed by atoms with Crippen LogP contribution in [-0.4, -0.2) is 46.1 Å². The zero-order chi connectivity index (χ0) is 13.6. The Morgan fingerprint density at radius 2 is 1.85 bits per heavy atom. The molecule has 0 amide bonds. The zero-order valence-corrected chi connectivity index (χ0v) is 11.4. The minimum atomic E-state index is 0.623. The van der Waals surface area contributed by atoms with Crippen LogP contribution in [0.25, 0.3) is 11.5 Å². The second-order valence-electron chi connectivity index (χ2n) is 4.85. The fourth-order valence-electron chi connectivity index (χ4n) is 2.32. The van der Waals surface area contributed by atoms with E-state index in [-0.39, 0.29) is 0 Å². The molecule has 5 heteroatoms. The van der Waals surface area contributed by atoms with Crippen molar-refractivity contribution < 1.29 is 4.74 Å². The molecule has 0 radical (unpaired) electrons. The summed E-state index contributed by atoms with van der Waals surface area (Å²) in [4.78, 5) is 15.2. The molecular weight excluding hydrogens is 252 g/mol. The van der Waals surface area contributed by atoms with Crippen molar-refractivity contribution in [1.29, 1.82) is 0 Å². The Bertz CT molecular complexity index is 523. The number of ether oxygens (including phenoxy) is 1. The van der Waals surface area contributed by atoms with Crippen LogP contribution in [0.4, 0.5) is 0 Å². The first-order chi connectivity index (χ1) is 9.92. The van der Waals surface area contributed by atoms with Crippen LogP contribution in [0.2, 0.25) is 0 Å². The average molecular weight is 270 g/mol. The average Bonchev–Trinajstić information content (AvgIpc) is 3.02. The molecule has 2 aromatic rings. The van der Waals surface area contributed by atoms with Crippen LogP contribution < -0.4 is 4.74 Å². The summed E-state index contributed by atoms with van der Waals surface area (Å²) in [5, 5.41) is 0. The number of pyridine rings is 1. The van der Waals surface area contributed by atoms with Crippen LogP contribution in [0, 0.1) is 0 Å². The van der Waals surface area contributed by atoms with E-state index in [2.05, 4.69) is 19.9 Å². The molecule has 3 heterocycles. The molecule has 0 aliphatic carbocycles. The molecule has 104 valence electrons. The summed E-state index contributed by atoms with van der Waals surface area (Å²) in [5.41, 5.74) is 0.774. The highest BCUT2D eigenvalue weighted by Gasteiger charge is 2.10. The van der Waals surface area contributed by atoms with E-state index < -0.39 is 0 Å². The van der Waals surface area contributed by atoms with Gasteiger partial charge in [0, 0.05) is 12.7 Å². The lowest BCUT2D eigenvalue weighted by Gasteiger charge is -2.14. The molecule has 0 saturated carbocycles. The summed E-state index contributed by atoms with van der Waals surface area (Å²) in [6.45, 7) is 4.05. The monoisotopic (exact) mass is 270 g/mol. The summed E-state index contributed by atoms with van der Waals surface area (Å²) in [6, 6.07) is 5.69. The van der Waals surface area contributed by atoms with Gasteiger partial charge in [0.25, 0.3) is 0 Å². The number of rotatable bonds is 5. The molecule has 1 aliphatic rings. The quantitative estimate of drug-likeness (QED) is 0.832. The van der Waals surface area contributed by atoms with E-state index in [1.54, 1.807) is 18.6 Å². The maximum Gasteiger partial charge on any atom is 0.178 e. The standard InChI is InChI=1S/C15H18N4O/c1-2-6-16-14(5-1)15-17-11-13(12-18-15)20-10-9-19-7-3-4-8-19/h1-2,5-6,11-12H,3-4,7-10H2. The van der Waals surface area contributed by atoms with Gasteiger partial charge in [-0.05, 0) is 38.1 Å². The van der Waals surface area contributed by atoms with Gasteiger partial charge in [0.2, 0.25) is 0 Å². The van der Waals surface area contributed by atoms with Crippen molar-refractivity contribution in [3.8, 4) is 17.3 Å². The third-order valence-electron chi connectivity index (χ3n) is 3.40. The van der Waals surface area contributed by atoms with Crippen molar-refractivity contribution >= 4 is 0 Å². The Morgan fingerprint density at radius 1 is 1.05 bits per heavy atom. The number of nitrogens with zero attached hydrogens (tertiary/aromatic N) is 4. The van der Waals surface area contributed by atoms with Crippen molar-refractivity contribution in [3.05, 3.63) is 36.8 Å². The molecule has 2 aromatic heterocycles. The summed E-state index contributed by atoms with van der Waals surface area (Å²) in [6.07, 6.45) is 7.77. The van der Waals surface area contributed by atoms with Gasteiger partial charge in [-0.15, -0.1) is 0 Å². The molecule has 0 atom stereocenters. The van der Waals surface area contributed by atoms with Crippen LogP contribution >= 0.6 is 0 Å². The van der Waals surface area contributed by atoms with Crippen molar-refractivity contribution in [2.24, 2.45) is 0 Å². The Morgan fingerprint density at radius 3 is 2.55 bits per heavy atom. The van der Waals surface area contributed by atoms with Gasteiger partial charge in [-0.2, -0.15) is 0 Å². The van der Waals surface area contributed by atoms with E-state index in [0.717, 1.165) is 12.2 Å². The number of hydrogen-bond donors (Lipinski definition) is 0. The first-order valence-corrected chi connectivity index (χ1v) is 7.00. The fourth-order valence-corrected chi connectivity index (χ4v) is 2.32. The Balaban J connectivity index is 1.53. The lowest BCUT2D eigenvalue weighted by atomic mass is 10.3. The molecule has 3 rings (SSSR count). The van der Waals surface area contributed by atoms with Crippen molar-refractivity contribution in [2.75, 3.05) is 26.2 Å². The smallest absolute Gasteiger partial charge is 0.178 e. The highest BCUT2D eigenvalue weighted by atomic mass is 16.5. The molecular formula is C15H18N4O. The summed E-state index contributed by atoms with van der Waals surface area (Å²) in [5.74, 6) is 1.33. The normalized spacial score (nSPS) is 15.4. The third kappa shape index (κ3) is 3.30. The predicted molar refractivity (Wildman–Crippen MR) is 76.4 cm³/mol. The van der Waals surface area contributed by atoms with Crippen molar-refractivity contribution in [3.63, 3.8) is 0 Å². The van der Waals surface area contributed by atoms with Crippen LogP contribution in [0.3, 0.4) is 0 Å². The van der Waals surface area contributed by atoms with E-state index in [1.165, 1.54) is 25.9 Å². The van der Waals surface area contributed by atoms with Gasteiger partial charge < -0.3 is 4.74 Å².